The van der Waals surface area contributed by atoms with Crippen molar-refractivity contribution in [3.63, 3.8) is 0 Å². The number of hydrogen-bond acceptors (Lipinski definition) is 0. The standard InChI is InChI=1S/C16H21Br2Cl/c1-11(2)10-16(7-3-4-8-16)15(19)13-9-12(17)5-6-14(13)18/h5-6,9,11,15H,3-4,7-8,10H2,1-2H3. The summed E-state index contributed by atoms with van der Waals surface area (Å²) < 4.78 is 2.24. The van der Waals surface area contributed by atoms with E-state index in [1.165, 1.54) is 37.7 Å². The molecule has 1 aliphatic rings. The molecule has 0 N–H and O–H groups in total. The fraction of sp³-hybridized carbons (Fsp3) is 0.625. The molecule has 0 saturated heterocycles. The minimum Gasteiger partial charge on any atom is -0.117 e. The van der Waals surface area contributed by atoms with Gasteiger partial charge < -0.3 is 0 Å². The van der Waals surface area contributed by atoms with Gasteiger partial charge in [-0.25, -0.2) is 0 Å². The minimum absolute atomic E-state index is 0.101. The SMILES string of the molecule is CC(C)CC1(C(Cl)c2cc(Br)ccc2Br)CCCC1. The fourth-order valence-electron chi connectivity index (χ4n) is 3.49. The van der Waals surface area contributed by atoms with Crippen molar-refractivity contribution >= 4 is 43.5 Å². The van der Waals surface area contributed by atoms with Crippen molar-refractivity contribution in [1.82, 2.24) is 0 Å². The average Bonchev–Trinajstić information content (AvgIpc) is 2.80. The van der Waals surface area contributed by atoms with Crippen molar-refractivity contribution in [3.8, 4) is 0 Å². The second kappa shape index (κ2) is 6.49. The molecule has 0 heterocycles. The lowest BCUT2D eigenvalue weighted by Crippen LogP contribution is -2.25. The molecule has 1 atom stereocenters. The molecule has 19 heavy (non-hydrogen) atoms. The first kappa shape index (κ1) is 15.9. The van der Waals surface area contributed by atoms with Crippen molar-refractivity contribution in [3.05, 3.63) is 32.7 Å². The lowest BCUT2D eigenvalue weighted by Gasteiger charge is -2.36. The Morgan fingerprint density at radius 3 is 2.42 bits per heavy atom. The van der Waals surface area contributed by atoms with Gasteiger partial charge >= 0.3 is 0 Å². The zero-order chi connectivity index (χ0) is 14.0. The van der Waals surface area contributed by atoms with Crippen LogP contribution in [-0.2, 0) is 0 Å². The Kier molecular flexibility index (Phi) is 5.42. The van der Waals surface area contributed by atoms with E-state index >= 15 is 0 Å². The van der Waals surface area contributed by atoms with Crippen molar-refractivity contribution in [2.24, 2.45) is 11.3 Å². The van der Waals surface area contributed by atoms with Gasteiger partial charge in [0.15, 0.2) is 0 Å². The summed E-state index contributed by atoms with van der Waals surface area (Å²) in [5.41, 5.74) is 1.51. The molecule has 1 aromatic rings. The molecule has 2 rings (SSSR count). The van der Waals surface area contributed by atoms with E-state index in [9.17, 15) is 0 Å². The molecule has 0 bridgehead atoms. The maximum atomic E-state index is 6.94. The highest BCUT2D eigenvalue weighted by Gasteiger charge is 2.42. The van der Waals surface area contributed by atoms with Crippen molar-refractivity contribution in [2.45, 2.75) is 51.3 Å². The molecule has 1 unspecified atom stereocenters. The van der Waals surface area contributed by atoms with E-state index in [-0.39, 0.29) is 10.8 Å². The first-order chi connectivity index (χ1) is 8.94. The van der Waals surface area contributed by atoms with Gasteiger partial charge in [-0.1, -0.05) is 58.5 Å². The van der Waals surface area contributed by atoms with Gasteiger partial charge in [0.25, 0.3) is 0 Å². The van der Waals surface area contributed by atoms with E-state index in [0.717, 1.165) is 8.95 Å². The summed E-state index contributed by atoms with van der Waals surface area (Å²) in [6, 6.07) is 6.32. The summed E-state index contributed by atoms with van der Waals surface area (Å²) in [7, 11) is 0. The molecule has 0 amide bonds. The summed E-state index contributed by atoms with van der Waals surface area (Å²) in [4.78, 5) is 0. The fourth-order valence-corrected chi connectivity index (χ4v) is 4.97. The molecule has 0 spiro atoms. The largest absolute Gasteiger partial charge is 0.117 e. The molecule has 1 aromatic carbocycles. The van der Waals surface area contributed by atoms with Crippen molar-refractivity contribution in [1.29, 1.82) is 0 Å². The summed E-state index contributed by atoms with van der Waals surface area (Å²) >= 11 is 14.2. The summed E-state index contributed by atoms with van der Waals surface area (Å²) in [6.45, 7) is 4.61. The second-order valence-corrected chi connectivity index (χ2v) is 8.40. The molecule has 3 heteroatoms. The maximum absolute atomic E-state index is 6.94. The Balaban J connectivity index is 2.33. The quantitative estimate of drug-likeness (QED) is 0.466. The van der Waals surface area contributed by atoms with E-state index in [4.69, 9.17) is 11.6 Å². The van der Waals surface area contributed by atoms with E-state index < -0.39 is 0 Å². The lowest BCUT2D eigenvalue weighted by molar-refractivity contribution is 0.223. The zero-order valence-electron chi connectivity index (χ0n) is 11.6. The maximum Gasteiger partial charge on any atom is 0.0652 e. The molecule has 1 aliphatic carbocycles. The predicted octanol–water partition coefficient (Wildman–Crippen LogP) is 7.10. The van der Waals surface area contributed by atoms with Gasteiger partial charge in [0, 0.05) is 8.95 Å². The molecule has 106 valence electrons. The number of halogens is 3. The lowest BCUT2D eigenvalue weighted by atomic mass is 9.73. The van der Waals surface area contributed by atoms with Crippen LogP contribution in [0.5, 0.6) is 0 Å². The normalized spacial score (nSPS) is 19.9. The first-order valence-electron chi connectivity index (χ1n) is 7.04. The van der Waals surface area contributed by atoms with E-state index in [0.29, 0.717) is 5.92 Å². The van der Waals surface area contributed by atoms with Gasteiger partial charge in [0.2, 0.25) is 0 Å². The number of hydrogen-bond donors (Lipinski definition) is 0. The Labute approximate surface area is 138 Å². The van der Waals surface area contributed by atoms with Crippen LogP contribution in [0, 0.1) is 11.3 Å². The molecule has 0 aromatic heterocycles. The van der Waals surface area contributed by atoms with Crippen LogP contribution in [0.3, 0.4) is 0 Å². The topological polar surface area (TPSA) is 0 Å². The molecular weight excluding hydrogens is 387 g/mol. The third-order valence-electron chi connectivity index (χ3n) is 4.18. The highest BCUT2D eigenvalue weighted by Crippen LogP contribution is 2.55. The first-order valence-corrected chi connectivity index (χ1v) is 9.06. The highest BCUT2D eigenvalue weighted by atomic mass is 79.9. The summed E-state index contributed by atoms with van der Waals surface area (Å²) in [5, 5.41) is 0.101. The van der Waals surface area contributed by atoms with E-state index in [2.05, 4.69) is 63.9 Å². The molecule has 0 nitrogen and oxygen atoms in total. The second-order valence-electron chi connectivity index (χ2n) is 6.20. The van der Waals surface area contributed by atoms with Crippen LogP contribution in [0.1, 0.15) is 56.9 Å². The predicted molar refractivity (Wildman–Crippen MR) is 90.8 cm³/mol. The van der Waals surface area contributed by atoms with Gasteiger partial charge in [-0.15, -0.1) is 11.6 Å². The molecular formula is C16H21Br2Cl. The smallest absolute Gasteiger partial charge is 0.0652 e. The van der Waals surface area contributed by atoms with Gasteiger partial charge in [-0.2, -0.15) is 0 Å². The Hall–Kier alpha value is 0.470. The van der Waals surface area contributed by atoms with Crippen LogP contribution >= 0.6 is 43.5 Å². The van der Waals surface area contributed by atoms with Crippen LogP contribution in [0.2, 0.25) is 0 Å². The van der Waals surface area contributed by atoms with Gasteiger partial charge in [-0.05, 0) is 54.4 Å². The van der Waals surface area contributed by atoms with Gasteiger partial charge in [-0.3, -0.25) is 0 Å². The molecule has 0 radical (unpaired) electrons. The van der Waals surface area contributed by atoms with Crippen LogP contribution < -0.4 is 0 Å². The van der Waals surface area contributed by atoms with Crippen LogP contribution in [-0.4, -0.2) is 0 Å². The van der Waals surface area contributed by atoms with Crippen molar-refractivity contribution in [2.75, 3.05) is 0 Å². The van der Waals surface area contributed by atoms with E-state index in [1.54, 1.807) is 0 Å². The average molecular weight is 409 g/mol. The van der Waals surface area contributed by atoms with Gasteiger partial charge in [0.1, 0.15) is 0 Å². The highest BCUT2D eigenvalue weighted by molar-refractivity contribution is 9.11. The van der Waals surface area contributed by atoms with E-state index in [1.807, 2.05) is 0 Å². The van der Waals surface area contributed by atoms with Crippen LogP contribution in [0.25, 0.3) is 0 Å². The molecule has 0 aliphatic heterocycles. The van der Waals surface area contributed by atoms with Gasteiger partial charge in [0.05, 0.1) is 5.38 Å². The Morgan fingerprint density at radius 2 is 1.84 bits per heavy atom. The number of rotatable bonds is 4. The number of alkyl halides is 1. The zero-order valence-corrected chi connectivity index (χ0v) is 15.5. The third-order valence-corrected chi connectivity index (χ3v) is 6.10. The Morgan fingerprint density at radius 1 is 1.21 bits per heavy atom. The molecule has 1 saturated carbocycles. The summed E-state index contributed by atoms with van der Waals surface area (Å²) in [5.74, 6) is 0.699. The van der Waals surface area contributed by atoms with Crippen LogP contribution in [0.15, 0.2) is 27.1 Å². The monoisotopic (exact) mass is 406 g/mol. The number of benzene rings is 1. The molecule has 1 fully saturated rings. The third kappa shape index (κ3) is 3.57. The summed E-state index contributed by atoms with van der Waals surface area (Å²) in [6.07, 6.45) is 6.39. The van der Waals surface area contributed by atoms with Crippen molar-refractivity contribution < 1.29 is 0 Å². The minimum atomic E-state index is 0.101. The van der Waals surface area contributed by atoms with Crippen LogP contribution in [0.4, 0.5) is 0 Å². The Bertz CT molecular complexity index is 436.